The van der Waals surface area contributed by atoms with Crippen LogP contribution in [0.15, 0.2) is 35.3 Å². The predicted octanol–water partition coefficient (Wildman–Crippen LogP) is 2.11. The SMILES string of the molecule is COC(=O)[C@@H]1N=C(c2ccccc2)S[C@H]1C. The summed E-state index contributed by atoms with van der Waals surface area (Å²) >= 11 is 1.62. The Labute approximate surface area is 98.9 Å². The van der Waals surface area contributed by atoms with Gasteiger partial charge in [-0.25, -0.2) is 4.79 Å². The number of thioether (sulfide) groups is 1. The summed E-state index contributed by atoms with van der Waals surface area (Å²) in [4.78, 5) is 15.9. The number of hydrogen-bond acceptors (Lipinski definition) is 4. The summed E-state index contributed by atoms with van der Waals surface area (Å²) in [6, 6.07) is 9.52. The van der Waals surface area contributed by atoms with E-state index in [-0.39, 0.29) is 17.3 Å². The van der Waals surface area contributed by atoms with Crippen LogP contribution in [0.25, 0.3) is 0 Å². The van der Waals surface area contributed by atoms with Gasteiger partial charge in [0.25, 0.3) is 0 Å². The molecule has 0 radical (unpaired) electrons. The van der Waals surface area contributed by atoms with Gasteiger partial charge in [0.05, 0.1) is 12.2 Å². The molecule has 3 nitrogen and oxygen atoms in total. The number of hydrogen-bond donors (Lipinski definition) is 0. The largest absolute Gasteiger partial charge is 0.467 e. The summed E-state index contributed by atoms with van der Waals surface area (Å²) in [5.41, 5.74) is 1.06. The van der Waals surface area contributed by atoms with Crippen LogP contribution in [-0.2, 0) is 9.53 Å². The summed E-state index contributed by atoms with van der Waals surface area (Å²) in [5, 5.41) is 1.06. The van der Waals surface area contributed by atoms with Crippen molar-refractivity contribution in [3.63, 3.8) is 0 Å². The Morgan fingerprint density at radius 3 is 2.69 bits per heavy atom. The van der Waals surface area contributed by atoms with Crippen LogP contribution in [0.3, 0.4) is 0 Å². The van der Waals surface area contributed by atoms with Crippen LogP contribution in [0.5, 0.6) is 0 Å². The first kappa shape index (κ1) is 11.2. The van der Waals surface area contributed by atoms with Crippen LogP contribution in [0.4, 0.5) is 0 Å². The number of aliphatic imine (C=N–C) groups is 1. The van der Waals surface area contributed by atoms with Crippen LogP contribution >= 0.6 is 11.8 Å². The number of carbonyl (C=O) groups is 1. The maximum absolute atomic E-state index is 11.5. The summed E-state index contributed by atoms with van der Waals surface area (Å²) in [7, 11) is 1.40. The highest BCUT2D eigenvalue weighted by atomic mass is 32.2. The lowest BCUT2D eigenvalue weighted by Gasteiger charge is -2.08. The van der Waals surface area contributed by atoms with E-state index in [2.05, 4.69) is 4.99 Å². The van der Waals surface area contributed by atoms with Crippen molar-refractivity contribution in [3.8, 4) is 0 Å². The lowest BCUT2D eigenvalue weighted by atomic mass is 10.2. The molecule has 4 heteroatoms. The number of methoxy groups -OCH3 is 1. The van der Waals surface area contributed by atoms with Crippen molar-refractivity contribution >= 4 is 22.8 Å². The van der Waals surface area contributed by atoms with Gasteiger partial charge in [-0.2, -0.15) is 0 Å². The number of rotatable bonds is 2. The van der Waals surface area contributed by atoms with Crippen molar-refractivity contribution in [1.82, 2.24) is 0 Å². The molecule has 0 saturated heterocycles. The fourth-order valence-electron chi connectivity index (χ4n) is 1.59. The van der Waals surface area contributed by atoms with Crippen LogP contribution in [0, 0.1) is 0 Å². The summed E-state index contributed by atoms with van der Waals surface area (Å²) in [6.07, 6.45) is 0. The standard InChI is InChI=1S/C12H13NO2S/c1-8-10(12(14)15-2)13-11(16-8)9-6-4-3-5-7-9/h3-8,10H,1-2H3/t8-,10+/m0/s1. The van der Waals surface area contributed by atoms with E-state index in [0.29, 0.717) is 0 Å². The molecule has 2 atom stereocenters. The van der Waals surface area contributed by atoms with Crippen molar-refractivity contribution in [1.29, 1.82) is 0 Å². The molecule has 1 aromatic rings. The molecule has 1 aromatic carbocycles. The number of nitrogens with zero attached hydrogens (tertiary/aromatic N) is 1. The van der Waals surface area contributed by atoms with E-state index in [1.165, 1.54) is 7.11 Å². The van der Waals surface area contributed by atoms with E-state index in [4.69, 9.17) is 4.74 Å². The first-order valence-corrected chi connectivity index (χ1v) is 5.98. The van der Waals surface area contributed by atoms with E-state index in [1.54, 1.807) is 11.8 Å². The summed E-state index contributed by atoms with van der Waals surface area (Å²) in [5.74, 6) is -0.258. The van der Waals surface area contributed by atoms with Crippen molar-refractivity contribution in [3.05, 3.63) is 35.9 Å². The highest BCUT2D eigenvalue weighted by Crippen LogP contribution is 2.30. The van der Waals surface area contributed by atoms with Gasteiger partial charge in [-0.05, 0) is 0 Å². The molecule has 16 heavy (non-hydrogen) atoms. The Hall–Kier alpha value is -1.29. The van der Waals surface area contributed by atoms with E-state index < -0.39 is 0 Å². The molecule has 0 aliphatic carbocycles. The highest BCUT2D eigenvalue weighted by molar-refractivity contribution is 8.15. The average Bonchev–Trinajstić information content (AvgIpc) is 2.71. The number of ether oxygens (including phenoxy) is 1. The number of carbonyl (C=O) groups excluding carboxylic acids is 1. The third-order valence-electron chi connectivity index (χ3n) is 2.46. The van der Waals surface area contributed by atoms with Gasteiger partial charge in [-0.15, -0.1) is 11.8 Å². The van der Waals surface area contributed by atoms with Gasteiger partial charge in [0.2, 0.25) is 0 Å². The summed E-state index contributed by atoms with van der Waals surface area (Å²) < 4.78 is 4.73. The molecule has 0 spiro atoms. The van der Waals surface area contributed by atoms with Gasteiger partial charge in [-0.3, -0.25) is 4.99 Å². The molecule has 0 fully saturated rings. The number of esters is 1. The average molecular weight is 235 g/mol. The third-order valence-corrected chi connectivity index (χ3v) is 3.66. The van der Waals surface area contributed by atoms with Crippen LogP contribution in [0.1, 0.15) is 12.5 Å². The first-order valence-electron chi connectivity index (χ1n) is 5.10. The fourth-order valence-corrected chi connectivity index (χ4v) is 2.69. The second-order valence-electron chi connectivity index (χ2n) is 3.59. The quantitative estimate of drug-likeness (QED) is 0.737. The Bertz CT molecular complexity index is 416. The molecule has 1 heterocycles. The molecule has 1 aliphatic heterocycles. The minimum absolute atomic E-state index is 0.141. The van der Waals surface area contributed by atoms with E-state index in [1.807, 2.05) is 37.3 Å². The second kappa shape index (κ2) is 4.70. The Balaban J connectivity index is 2.23. The van der Waals surface area contributed by atoms with Gasteiger partial charge < -0.3 is 4.74 Å². The molecule has 1 aliphatic rings. The fraction of sp³-hybridized carbons (Fsp3) is 0.333. The zero-order valence-corrected chi connectivity index (χ0v) is 10.0. The molecule has 0 bridgehead atoms. The predicted molar refractivity (Wildman–Crippen MR) is 65.8 cm³/mol. The maximum Gasteiger partial charge on any atom is 0.331 e. The van der Waals surface area contributed by atoms with Crippen LogP contribution in [0.2, 0.25) is 0 Å². The van der Waals surface area contributed by atoms with E-state index >= 15 is 0 Å². The topological polar surface area (TPSA) is 38.7 Å². The van der Waals surface area contributed by atoms with Crippen molar-refractivity contribution < 1.29 is 9.53 Å². The zero-order valence-electron chi connectivity index (χ0n) is 9.21. The summed E-state index contributed by atoms with van der Waals surface area (Å²) in [6.45, 7) is 1.99. The molecule has 2 rings (SSSR count). The number of benzene rings is 1. The van der Waals surface area contributed by atoms with Gasteiger partial charge in [0.1, 0.15) is 0 Å². The van der Waals surface area contributed by atoms with Gasteiger partial charge in [0, 0.05) is 10.8 Å². The molecule has 0 N–H and O–H groups in total. The lowest BCUT2D eigenvalue weighted by molar-refractivity contribution is -0.141. The lowest BCUT2D eigenvalue weighted by Crippen LogP contribution is -2.26. The van der Waals surface area contributed by atoms with Gasteiger partial charge in [0.15, 0.2) is 6.04 Å². The third kappa shape index (κ3) is 2.11. The molecule has 0 unspecified atom stereocenters. The molecule has 84 valence electrons. The molecule has 0 aromatic heterocycles. The minimum Gasteiger partial charge on any atom is -0.467 e. The Kier molecular flexibility index (Phi) is 3.29. The van der Waals surface area contributed by atoms with Crippen molar-refractivity contribution in [2.45, 2.75) is 18.2 Å². The van der Waals surface area contributed by atoms with Gasteiger partial charge >= 0.3 is 5.97 Å². The molecule has 0 saturated carbocycles. The van der Waals surface area contributed by atoms with Crippen LogP contribution in [-0.4, -0.2) is 29.4 Å². The smallest absolute Gasteiger partial charge is 0.331 e. The van der Waals surface area contributed by atoms with E-state index in [9.17, 15) is 4.79 Å². The highest BCUT2D eigenvalue weighted by Gasteiger charge is 2.33. The van der Waals surface area contributed by atoms with Gasteiger partial charge in [-0.1, -0.05) is 37.3 Å². The molecular formula is C12H13NO2S. The molecule has 0 amide bonds. The van der Waals surface area contributed by atoms with Crippen LogP contribution < -0.4 is 0 Å². The monoisotopic (exact) mass is 235 g/mol. The van der Waals surface area contributed by atoms with Crippen molar-refractivity contribution in [2.75, 3.05) is 7.11 Å². The van der Waals surface area contributed by atoms with Crippen molar-refractivity contribution in [2.24, 2.45) is 4.99 Å². The maximum atomic E-state index is 11.5. The molecular weight excluding hydrogens is 222 g/mol. The van der Waals surface area contributed by atoms with E-state index in [0.717, 1.165) is 10.6 Å². The Morgan fingerprint density at radius 1 is 1.38 bits per heavy atom. The first-order chi connectivity index (χ1) is 7.72. The normalized spacial score (nSPS) is 24.0. The Morgan fingerprint density at radius 2 is 2.06 bits per heavy atom. The minimum atomic E-state index is -0.370. The zero-order chi connectivity index (χ0) is 11.5. The second-order valence-corrected chi connectivity index (χ2v) is 4.96.